The summed E-state index contributed by atoms with van der Waals surface area (Å²) in [6.45, 7) is 1.51. The van der Waals surface area contributed by atoms with Gasteiger partial charge in [0.25, 0.3) is 5.91 Å². The van der Waals surface area contributed by atoms with Crippen molar-refractivity contribution in [2.45, 2.75) is 6.92 Å². The van der Waals surface area contributed by atoms with Crippen LogP contribution in [-0.2, 0) is 0 Å². The van der Waals surface area contributed by atoms with Crippen molar-refractivity contribution in [3.05, 3.63) is 126 Å². The molecule has 0 saturated heterocycles. The summed E-state index contributed by atoms with van der Waals surface area (Å²) in [5.74, 6) is -0.233. The molecule has 0 unspecified atom stereocenters. The molecule has 0 aliphatic heterocycles. The molecule has 1 N–H and O–H groups in total. The highest BCUT2D eigenvalue weighted by Crippen LogP contribution is 2.28. The Morgan fingerprint density at radius 2 is 1.26 bits per heavy atom. The van der Waals surface area contributed by atoms with E-state index in [9.17, 15) is 9.59 Å². The number of Topliss-reactive ketones (excluding diaryl/α,β-unsaturated/α-hetero) is 1. The summed E-state index contributed by atoms with van der Waals surface area (Å²) in [6, 6.07) is 36.5. The first-order valence-electron chi connectivity index (χ1n) is 11.3. The van der Waals surface area contributed by atoms with Gasteiger partial charge in [-0.2, -0.15) is 5.10 Å². The summed E-state index contributed by atoms with van der Waals surface area (Å²) in [5, 5.41) is 7.75. The van der Waals surface area contributed by atoms with Gasteiger partial charge in [-0.3, -0.25) is 9.59 Å². The van der Waals surface area contributed by atoms with Crippen LogP contribution in [0.25, 0.3) is 28.2 Å². The van der Waals surface area contributed by atoms with E-state index in [0.29, 0.717) is 16.8 Å². The van der Waals surface area contributed by atoms with Crippen LogP contribution >= 0.6 is 0 Å². The van der Waals surface area contributed by atoms with Crippen molar-refractivity contribution >= 4 is 17.4 Å². The van der Waals surface area contributed by atoms with Gasteiger partial charge >= 0.3 is 0 Å². The third kappa shape index (κ3) is 4.80. The molecule has 5 aromatic rings. The lowest BCUT2D eigenvalue weighted by molar-refractivity contribution is 0.101. The van der Waals surface area contributed by atoms with Crippen LogP contribution in [-0.4, -0.2) is 21.5 Å². The van der Waals surface area contributed by atoms with E-state index >= 15 is 0 Å². The van der Waals surface area contributed by atoms with Crippen molar-refractivity contribution in [3.63, 3.8) is 0 Å². The maximum atomic E-state index is 12.8. The van der Waals surface area contributed by atoms with Crippen molar-refractivity contribution in [1.29, 1.82) is 0 Å². The third-order valence-corrected chi connectivity index (χ3v) is 5.77. The first-order valence-corrected chi connectivity index (χ1v) is 11.3. The van der Waals surface area contributed by atoms with Crippen molar-refractivity contribution in [2.75, 3.05) is 5.32 Å². The van der Waals surface area contributed by atoms with E-state index in [1.807, 2.05) is 65.3 Å². The van der Waals surface area contributed by atoms with Gasteiger partial charge in [0, 0.05) is 27.9 Å². The molecular weight excluding hydrogens is 434 g/mol. The third-order valence-electron chi connectivity index (χ3n) is 5.77. The SMILES string of the molecule is CC(=O)c1ccc(NC(=O)c2ccc(-n3nc(-c4ccccc4)cc3-c3ccccc3)cc2)cc1. The van der Waals surface area contributed by atoms with Gasteiger partial charge in [0.1, 0.15) is 0 Å². The molecule has 1 heterocycles. The van der Waals surface area contributed by atoms with E-state index in [0.717, 1.165) is 28.2 Å². The number of hydrogen-bond donors (Lipinski definition) is 1. The van der Waals surface area contributed by atoms with Crippen LogP contribution in [0.5, 0.6) is 0 Å². The molecule has 5 rings (SSSR count). The Morgan fingerprint density at radius 1 is 0.686 bits per heavy atom. The smallest absolute Gasteiger partial charge is 0.255 e. The highest BCUT2D eigenvalue weighted by molar-refractivity contribution is 6.04. The van der Waals surface area contributed by atoms with E-state index < -0.39 is 0 Å². The fraction of sp³-hybridized carbons (Fsp3) is 0.0333. The van der Waals surface area contributed by atoms with Gasteiger partial charge in [-0.25, -0.2) is 4.68 Å². The van der Waals surface area contributed by atoms with Crippen LogP contribution in [0.4, 0.5) is 5.69 Å². The zero-order chi connectivity index (χ0) is 24.2. The van der Waals surface area contributed by atoms with Gasteiger partial charge in [0.2, 0.25) is 0 Å². The predicted molar refractivity (Wildman–Crippen MR) is 139 cm³/mol. The zero-order valence-corrected chi connectivity index (χ0v) is 19.2. The van der Waals surface area contributed by atoms with E-state index in [1.54, 1.807) is 36.4 Å². The Labute approximate surface area is 203 Å². The van der Waals surface area contributed by atoms with Crippen LogP contribution in [0.2, 0.25) is 0 Å². The molecule has 1 aromatic heterocycles. The molecule has 0 aliphatic carbocycles. The van der Waals surface area contributed by atoms with Crippen molar-refractivity contribution in [3.8, 4) is 28.2 Å². The molecular formula is C30H23N3O2. The lowest BCUT2D eigenvalue weighted by Crippen LogP contribution is -2.12. The van der Waals surface area contributed by atoms with Crippen molar-refractivity contribution < 1.29 is 9.59 Å². The molecule has 35 heavy (non-hydrogen) atoms. The number of rotatable bonds is 6. The molecule has 0 fully saturated rings. The number of carbonyl (C=O) groups excluding carboxylic acids is 2. The van der Waals surface area contributed by atoms with Crippen LogP contribution in [0, 0.1) is 0 Å². The Hall–Kier alpha value is -4.77. The monoisotopic (exact) mass is 457 g/mol. The number of hydrogen-bond acceptors (Lipinski definition) is 3. The lowest BCUT2D eigenvalue weighted by atomic mass is 10.1. The second-order valence-electron chi connectivity index (χ2n) is 8.19. The highest BCUT2D eigenvalue weighted by atomic mass is 16.1. The number of carbonyl (C=O) groups is 2. The predicted octanol–water partition coefficient (Wildman–Crippen LogP) is 6.66. The van der Waals surface area contributed by atoms with Crippen molar-refractivity contribution in [1.82, 2.24) is 9.78 Å². The van der Waals surface area contributed by atoms with Crippen LogP contribution < -0.4 is 5.32 Å². The quantitative estimate of drug-likeness (QED) is 0.290. The zero-order valence-electron chi connectivity index (χ0n) is 19.2. The maximum Gasteiger partial charge on any atom is 0.255 e. The van der Waals surface area contributed by atoms with Crippen LogP contribution in [0.3, 0.4) is 0 Å². The molecule has 0 atom stereocenters. The molecule has 0 bridgehead atoms. The summed E-state index contributed by atoms with van der Waals surface area (Å²) in [4.78, 5) is 24.2. The second kappa shape index (κ2) is 9.61. The molecule has 0 saturated carbocycles. The Kier molecular flexibility index (Phi) is 6.05. The van der Waals surface area contributed by atoms with E-state index in [2.05, 4.69) is 23.5 Å². The topological polar surface area (TPSA) is 64.0 Å². The van der Waals surface area contributed by atoms with E-state index in [-0.39, 0.29) is 11.7 Å². The number of anilines is 1. The van der Waals surface area contributed by atoms with Crippen LogP contribution in [0.1, 0.15) is 27.6 Å². The minimum atomic E-state index is -0.221. The fourth-order valence-electron chi connectivity index (χ4n) is 3.89. The van der Waals surface area contributed by atoms with Gasteiger partial charge in [0.05, 0.1) is 17.1 Å². The Morgan fingerprint density at radius 3 is 1.86 bits per heavy atom. The average molecular weight is 458 g/mol. The first-order chi connectivity index (χ1) is 17.1. The second-order valence-corrected chi connectivity index (χ2v) is 8.19. The van der Waals surface area contributed by atoms with Crippen LogP contribution in [0.15, 0.2) is 115 Å². The van der Waals surface area contributed by atoms with Gasteiger partial charge in [0.15, 0.2) is 5.78 Å². The minimum absolute atomic E-state index is 0.0117. The number of nitrogens with zero attached hydrogens (tertiary/aromatic N) is 2. The summed E-state index contributed by atoms with van der Waals surface area (Å²) >= 11 is 0. The molecule has 4 aromatic carbocycles. The molecule has 5 heteroatoms. The standard InChI is InChI=1S/C30H23N3O2/c1-21(34)22-12-16-26(17-13-22)31-30(35)25-14-18-27(19-15-25)33-29(24-10-6-3-7-11-24)20-28(32-33)23-8-4-2-5-9-23/h2-20H,1H3,(H,31,35). The number of ketones is 1. The molecule has 170 valence electrons. The van der Waals surface area contributed by atoms with E-state index in [4.69, 9.17) is 5.10 Å². The van der Waals surface area contributed by atoms with Crippen molar-refractivity contribution in [2.24, 2.45) is 0 Å². The molecule has 5 nitrogen and oxygen atoms in total. The molecule has 0 aliphatic rings. The van der Waals surface area contributed by atoms with Gasteiger partial charge in [-0.15, -0.1) is 0 Å². The lowest BCUT2D eigenvalue weighted by Gasteiger charge is -2.09. The molecule has 0 radical (unpaired) electrons. The highest BCUT2D eigenvalue weighted by Gasteiger charge is 2.14. The van der Waals surface area contributed by atoms with Gasteiger partial charge in [-0.1, -0.05) is 60.7 Å². The molecule has 0 spiro atoms. The Bertz CT molecular complexity index is 1470. The summed E-state index contributed by atoms with van der Waals surface area (Å²) < 4.78 is 1.90. The summed E-state index contributed by atoms with van der Waals surface area (Å²) in [5.41, 5.74) is 6.56. The summed E-state index contributed by atoms with van der Waals surface area (Å²) in [6.07, 6.45) is 0. The largest absolute Gasteiger partial charge is 0.322 e. The maximum absolute atomic E-state index is 12.8. The minimum Gasteiger partial charge on any atom is -0.322 e. The number of benzene rings is 4. The first kappa shape index (κ1) is 22.0. The average Bonchev–Trinajstić information content (AvgIpc) is 3.36. The number of aromatic nitrogens is 2. The Balaban J connectivity index is 1.43. The van der Waals surface area contributed by atoms with Gasteiger partial charge in [-0.05, 0) is 61.5 Å². The molecule has 1 amide bonds. The summed E-state index contributed by atoms with van der Waals surface area (Å²) in [7, 11) is 0. The number of nitrogens with one attached hydrogen (secondary N) is 1. The normalized spacial score (nSPS) is 10.7. The number of amides is 1. The van der Waals surface area contributed by atoms with Gasteiger partial charge < -0.3 is 5.32 Å². The fourth-order valence-corrected chi connectivity index (χ4v) is 3.89. The van der Waals surface area contributed by atoms with E-state index in [1.165, 1.54) is 6.92 Å².